The van der Waals surface area contributed by atoms with Gasteiger partial charge in [0, 0.05) is 18.3 Å². The Morgan fingerprint density at radius 1 is 1.38 bits per heavy atom. The van der Waals surface area contributed by atoms with Crippen molar-refractivity contribution in [2.75, 3.05) is 12.8 Å². The minimum absolute atomic E-state index is 0.332. The largest absolute Gasteiger partial charge is 0.481 e. The summed E-state index contributed by atoms with van der Waals surface area (Å²) < 4.78 is 20.9. The highest BCUT2D eigenvalue weighted by Gasteiger charge is 2.12. The molecule has 2 heterocycles. The lowest BCUT2D eigenvalue weighted by Gasteiger charge is -2.08. The van der Waals surface area contributed by atoms with E-state index < -0.39 is 0 Å². The Morgan fingerprint density at radius 3 is 2.95 bits per heavy atom. The third-order valence-corrected chi connectivity index (χ3v) is 3.78. The summed E-state index contributed by atoms with van der Waals surface area (Å²) in [6.07, 6.45) is 1.65. The van der Waals surface area contributed by atoms with Gasteiger partial charge in [-0.2, -0.15) is 0 Å². The molecular formula is C14H12BrFN4O. The number of anilines is 1. The summed E-state index contributed by atoms with van der Waals surface area (Å²) in [4.78, 5) is 8.30. The zero-order chi connectivity index (χ0) is 15.0. The molecule has 0 saturated carbocycles. The average molecular weight is 351 g/mol. The first-order valence-corrected chi connectivity index (χ1v) is 6.97. The predicted octanol–water partition coefficient (Wildman–Crippen LogP) is 2.97. The fourth-order valence-corrected chi connectivity index (χ4v) is 2.48. The summed E-state index contributed by atoms with van der Waals surface area (Å²) in [6.45, 7) is 0.461. The van der Waals surface area contributed by atoms with Gasteiger partial charge in [0.05, 0.1) is 29.2 Å². The van der Waals surface area contributed by atoms with Crippen molar-refractivity contribution < 1.29 is 9.13 Å². The normalized spacial score (nSPS) is 11.0. The number of hydrogen-bond donors (Lipinski definition) is 1. The maximum absolute atomic E-state index is 13.7. The van der Waals surface area contributed by atoms with Crippen LogP contribution in [0.2, 0.25) is 0 Å². The van der Waals surface area contributed by atoms with Gasteiger partial charge < -0.3 is 15.0 Å². The summed E-state index contributed by atoms with van der Waals surface area (Å²) in [7, 11) is 1.56. The van der Waals surface area contributed by atoms with E-state index in [4.69, 9.17) is 10.5 Å². The lowest BCUT2D eigenvalue weighted by molar-refractivity contribution is 0.397. The fourth-order valence-electron chi connectivity index (χ4n) is 2.15. The number of rotatable bonds is 3. The highest BCUT2D eigenvalue weighted by molar-refractivity contribution is 9.10. The number of pyridine rings is 1. The fraction of sp³-hybridized carbons (Fsp3) is 0.143. The van der Waals surface area contributed by atoms with Crippen LogP contribution in [0.15, 0.2) is 34.9 Å². The predicted molar refractivity (Wildman–Crippen MR) is 81.7 cm³/mol. The molecule has 1 aromatic carbocycles. The van der Waals surface area contributed by atoms with Gasteiger partial charge in [0.1, 0.15) is 5.82 Å². The molecule has 2 N–H and O–H groups in total. The van der Waals surface area contributed by atoms with Crippen LogP contribution in [-0.4, -0.2) is 21.6 Å². The molecule has 108 valence electrons. The summed E-state index contributed by atoms with van der Waals surface area (Å²) in [6, 6.07) is 6.69. The second-order valence-electron chi connectivity index (χ2n) is 4.52. The molecular weight excluding hydrogens is 339 g/mol. The average Bonchev–Trinajstić information content (AvgIpc) is 2.76. The SMILES string of the molecule is COc1cc(Cn2c(N)nc3cc(Br)c(F)cc32)ccn1. The van der Waals surface area contributed by atoms with Crippen molar-refractivity contribution in [3.63, 3.8) is 0 Å². The molecule has 0 aliphatic rings. The van der Waals surface area contributed by atoms with E-state index in [1.807, 2.05) is 6.07 Å². The third-order valence-electron chi connectivity index (χ3n) is 3.17. The molecule has 0 atom stereocenters. The highest BCUT2D eigenvalue weighted by atomic mass is 79.9. The second-order valence-corrected chi connectivity index (χ2v) is 5.37. The van der Waals surface area contributed by atoms with Gasteiger partial charge in [-0.05, 0) is 33.6 Å². The summed E-state index contributed by atoms with van der Waals surface area (Å²) in [5.74, 6) is 0.499. The van der Waals surface area contributed by atoms with Crippen molar-refractivity contribution in [3.8, 4) is 5.88 Å². The van der Waals surface area contributed by atoms with Crippen LogP contribution in [0, 0.1) is 5.82 Å². The first-order chi connectivity index (χ1) is 10.1. The van der Waals surface area contributed by atoms with Gasteiger partial charge in [-0.25, -0.2) is 14.4 Å². The van der Waals surface area contributed by atoms with E-state index in [-0.39, 0.29) is 5.82 Å². The number of fused-ring (bicyclic) bond motifs is 1. The Labute approximate surface area is 128 Å². The van der Waals surface area contributed by atoms with Gasteiger partial charge in [-0.3, -0.25) is 0 Å². The maximum Gasteiger partial charge on any atom is 0.213 e. The van der Waals surface area contributed by atoms with Crippen molar-refractivity contribution in [2.45, 2.75) is 6.54 Å². The second kappa shape index (κ2) is 5.33. The molecule has 5 nitrogen and oxygen atoms in total. The first kappa shape index (κ1) is 13.8. The zero-order valence-electron chi connectivity index (χ0n) is 11.2. The third kappa shape index (κ3) is 2.56. The van der Waals surface area contributed by atoms with Gasteiger partial charge in [0.15, 0.2) is 0 Å². The number of benzene rings is 1. The standard InChI is InChI=1S/C14H12BrFN4O/c1-21-13-4-8(2-3-18-13)7-20-12-6-10(16)9(15)5-11(12)19-14(20)17/h2-6H,7H2,1H3,(H2,17,19). The summed E-state index contributed by atoms with van der Waals surface area (Å²) >= 11 is 3.15. The molecule has 0 unspecified atom stereocenters. The van der Waals surface area contributed by atoms with Gasteiger partial charge in [-0.15, -0.1) is 0 Å². The Bertz CT molecular complexity index is 818. The number of methoxy groups -OCH3 is 1. The number of nitrogen functional groups attached to an aromatic ring is 1. The summed E-state index contributed by atoms with van der Waals surface area (Å²) in [5, 5.41) is 0. The van der Waals surface area contributed by atoms with Crippen LogP contribution in [0.3, 0.4) is 0 Å². The lowest BCUT2D eigenvalue weighted by atomic mass is 10.2. The van der Waals surface area contributed by atoms with E-state index >= 15 is 0 Å². The highest BCUT2D eigenvalue weighted by Crippen LogP contribution is 2.26. The molecule has 0 spiro atoms. The lowest BCUT2D eigenvalue weighted by Crippen LogP contribution is -2.05. The Balaban J connectivity index is 2.07. The minimum atomic E-state index is -0.351. The quantitative estimate of drug-likeness (QED) is 0.788. The van der Waals surface area contributed by atoms with Crippen LogP contribution in [0.1, 0.15) is 5.56 Å². The van der Waals surface area contributed by atoms with Crippen molar-refractivity contribution in [1.82, 2.24) is 14.5 Å². The van der Waals surface area contributed by atoms with Gasteiger partial charge >= 0.3 is 0 Å². The summed E-state index contributed by atoms with van der Waals surface area (Å²) in [5.41, 5.74) is 8.16. The molecule has 0 bridgehead atoms. The van der Waals surface area contributed by atoms with Gasteiger partial charge in [0.2, 0.25) is 11.8 Å². The molecule has 0 radical (unpaired) electrons. The number of nitrogens with zero attached hydrogens (tertiary/aromatic N) is 3. The van der Waals surface area contributed by atoms with Crippen molar-refractivity contribution in [2.24, 2.45) is 0 Å². The Morgan fingerprint density at radius 2 is 2.19 bits per heavy atom. The van der Waals surface area contributed by atoms with Crippen LogP contribution in [-0.2, 0) is 6.54 Å². The Hall–Kier alpha value is -2.15. The van der Waals surface area contributed by atoms with E-state index in [1.54, 1.807) is 30.0 Å². The molecule has 0 fully saturated rings. The number of ether oxygens (including phenoxy) is 1. The molecule has 0 amide bonds. The first-order valence-electron chi connectivity index (χ1n) is 6.18. The number of aromatic nitrogens is 3. The van der Waals surface area contributed by atoms with Crippen LogP contribution in [0.25, 0.3) is 11.0 Å². The molecule has 0 aliphatic carbocycles. The molecule has 3 rings (SSSR count). The van der Waals surface area contributed by atoms with E-state index in [0.29, 0.717) is 33.9 Å². The van der Waals surface area contributed by atoms with Crippen LogP contribution < -0.4 is 10.5 Å². The number of halogens is 2. The molecule has 0 aliphatic heterocycles. The van der Waals surface area contributed by atoms with Crippen LogP contribution in [0.4, 0.5) is 10.3 Å². The van der Waals surface area contributed by atoms with Crippen molar-refractivity contribution in [3.05, 3.63) is 46.3 Å². The van der Waals surface area contributed by atoms with Crippen molar-refractivity contribution >= 4 is 32.9 Å². The molecule has 7 heteroatoms. The molecule has 0 saturated heterocycles. The van der Waals surface area contributed by atoms with Crippen molar-refractivity contribution in [1.29, 1.82) is 0 Å². The van der Waals surface area contributed by atoms with E-state index in [0.717, 1.165) is 5.56 Å². The molecule has 2 aromatic heterocycles. The van der Waals surface area contributed by atoms with Crippen LogP contribution >= 0.6 is 15.9 Å². The minimum Gasteiger partial charge on any atom is -0.481 e. The van der Waals surface area contributed by atoms with E-state index in [1.165, 1.54) is 6.07 Å². The number of hydrogen-bond acceptors (Lipinski definition) is 4. The topological polar surface area (TPSA) is 66.0 Å². The molecule has 21 heavy (non-hydrogen) atoms. The van der Waals surface area contributed by atoms with Gasteiger partial charge in [-0.1, -0.05) is 0 Å². The smallest absolute Gasteiger partial charge is 0.213 e. The zero-order valence-corrected chi connectivity index (χ0v) is 12.8. The van der Waals surface area contributed by atoms with E-state index in [9.17, 15) is 4.39 Å². The maximum atomic E-state index is 13.7. The Kier molecular flexibility index (Phi) is 3.50. The number of nitrogens with two attached hydrogens (primary N) is 1. The number of imidazole rings is 1. The van der Waals surface area contributed by atoms with Crippen LogP contribution in [0.5, 0.6) is 5.88 Å². The van der Waals surface area contributed by atoms with Gasteiger partial charge in [0.25, 0.3) is 0 Å². The van der Waals surface area contributed by atoms with E-state index in [2.05, 4.69) is 25.9 Å². The monoisotopic (exact) mass is 350 g/mol. The molecule has 3 aromatic rings.